The van der Waals surface area contributed by atoms with Gasteiger partial charge in [0.05, 0.1) is 10.7 Å². The lowest BCUT2D eigenvalue weighted by Gasteiger charge is -2.03. The lowest BCUT2D eigenvalue weighted by atomic mass is 10.3. The summed E-state index contributed by atoms with van der Waals surface area (Å²) in [6.45, 7) is 0. The molecule has 0 fully saturated rings. The number of benzene rings is 1. The first kappa shape index (κ1) is 13.9. The van der Waals surface area contributed by atoms with Gasteiger partial charge in [0.2, 0.25) is 0 Å². The summed E-state index contributed by atoms with van der Waals surface area (Å²) in [6.07, 6.45) is 2.55. The topological polar surface area (TPSA) is 97.4 Å². The van der Waals surface area contributed by atoms with Crippen LogP contribution in [-0.2, 0) is 0 Å². The molecule has 0 spiro atoms. The monoisotopic (exact) mass is 297 g/mol. The van der Waals surface area contributed by atoms with E-state index in [4.69, 9.17) is 22.4 Å². The number of hydrogen-bond acceptors (Lipinski definition) is 2. The summed E-state index contributed by atoms with van der Waals surface area (Å²) in [5.41, 5.74) is 5.16. The van der Waals surface area contributed by atoms with Crippen molar-refractivity contribution in [1.29, 1.82) is 0 Å². The van der Waals surface area contributed by atoms with Crippen molar-refractivity contribution in [3.05, 3.63) is 47.0 Å². The van der Waals surface area contributed by atoms with Crippen LogP contribution in [0.1, 0.15) is 10.4 Å². The SMILES string of the molecule is NC(=O)Nc1cn(-c2ccc(Cl)c(F)c2)cc1C(=O)O. The number of primary amides is 1. The zero-order chi connectivity index (χ0) is 14.9. The minimum Gasteiger partial charge on any atom is -0.478 e. The van der Waals surface area contributed by atoms with Gasteiger partial charge < -0.3 is 20.7 Å². The lowest BCUT2D eigenvalue weighted by Crippen LogP contribution is -2.20. The normalized spacial score (nSPS) is 10.3. The number of rotatable bonds is 3. The summed E-state index contributed by atoms with van der Waals surface area (Å²) in [4.78, 5) is 21.9. The molecule has 0 bridgehead atoms. The molecule has 2 aromatic rings. The number of carboxylic acids is 1. The quantitative estimate of drug-likeness (QED) is 0.811. The van der Waals surface area contributed by atoms with E-state index in [1.807, 2.05) is 0 Å². The van der Waals surface area contributed by atoms with Gasteiger partial charge >= 0.3 is 12.0 Å². The summed E-state index contributed by atoms with van der Waals surface area (Å²) in [6, 6.07) is 3.09. The first-order valence-corrected chi connectivity index (χ1v) is 5.73. The molecule has 1 aromatic heterocycles. The molecule has 6 nitrogen and oxygen atoms in total. The maximum Gasteiger partial charge on any atom is 0.339 e. The molecular formula is C12H9ClFN3O3. The Hall–Kier alpha value is -2.54. The Kier molecular flexibility index (Phi) is 3.62. The molecule has 2 rings (SSSR count). The summed E-state index contributed by atoms with van der Waals surface area (Å²) >= 11 is 5.57. The van der Waals surface area contributed by atoms with Crippen LogP contribution in [0.15, 0.2) is 30.6 Å². The van der Waals surface area contributed by atoms with E-state index >= 15 is 0 Å². The number of urea groups is 1. The van der Waals surface area contributed by atoms with E-state index in [0.29, 0.717) is 5.69 Å². The molecule has 0 saturated heterocycles. The van der Waals surface area contributed by atoms with Crippen LogP contribution in [0.3, 0.4) is 0 Å². The number of carboxylic acid groups (broad SMARTS) is 1. The van der Waals surface area contributed by atoms with Crippen LogP contribution in [0.5, 0.6) is 0 Å². The highest BCUT2D eigenvalue weighted by molar-refractivity contribution is 6.30. The highest BCUT2D eigenvalue weighted by Gasteiger charge is 2.16. The molecule has 0 aliphatic heterocycles. The molecule has 1 heterocycles. The minimum atomic E-state index is -1.25. The van der Waals surface area contributed by atoms with Crippen LogP contribution in [0.4, 0.5) is 14.9 Å². The summed E-state index contributed by atoms with van der Waals surface area (Å²) in [7, 11) is 0. The van der Waals surface area contributed by atoms with Crippen LogP contribution in [0.2, 0.25) is 5.02 Å². The van der Waals surface area contributed by atoms with E-state index in [1.54, 1.807) is 0 Å². The number of aromatic carboxylic acids is 1. The Labute approximate surface area is 117 Å². The standard InChI is InChI=1S/C12H9ClFN3O3/c13-8-2-1-6(3-9(8)14)17-4-7(11(18)19)10(5-17)16-12(15)20/h1-5H,(H,18,19)(H3,15,16,20). The van der Waals surface area contributed by atoms with E-state index < -0.39 is 17.8 Å². The average molecular weight is 298 g/mol. The number of halogens is 2. The van der Waals surface area contributed by atoms with E-state index in [-0.39, 0.29) is 16.3 Å². The minimum absolute atomic E-state index is 0.0142. The summed E-state index contributed by atoms with van der Waals surface area (Å²) in [5.74, 6) is -1.89. The maximum absolute atomic E-state index is 13.4. The van der Waals surface area contributed by atoms with E-state index in [9.17, 15) is 14.0 Å². The zero-order valence-corrected chi connectivity index (χ0v) is 10.7. The number of carbonyl (C=O) groups excluding carboxylic acids is 1. The molecular weight excluding hydrogens is 289 g/mol. The Morgan fingerprint density at radius 2 is 2.05 bits per heavy atom. The number of nitrogens with one attached hydrogen (secondary N) is 1. The van der Waals surface area contributed by atoms with Gasteiger partial charge in [0.25, 0.3) is 0 Å². The Bertz CT molecular complexity index is 699. The molecule has 8 heteroatoms. The van der Waals surface area contributed by atoms with Gasteiger partial charge in [-0.25, -0.2) is 14.0 Å². The van der Waals surface area contributed by atoms with Crippen LogP contribution < -0.4 is 11.1 Å². The Morgan fingerprint density at radius 3 is 2.60 bits per heavy atom. The molecule has 2 amide bonds. The van der Waals surface area contributed by atoms with Gasteiger partial charge in [-0.1, -0.05) is 11.6 Å². The van der Waals surface area contributed by atoms with Crippen molar-refractivity contribution in [1.82, 2.24) is 4.57 Å². The van der Waals surface area contributed by atoms with Gasteiger partial charge in [0.15, 0.2) is 0 Å². The zero-order valence-electron chi connectivity index (χ0n) is 9.93. The fraction of sp³-hybridized carbons (Fsp3) is 0. The van der Waals surface area contributed by atoms with Crippen molar-refractivity contribution < 1.29 is 19.1 Å². The third-order valence-electron chi connectivity index (χ3n) is 2.52. The second-order valence-corrected chi connectivity index (χ2v) is 4.29. The third kappa shape index (κ3) is 2.72. The predicted octanol–water partition coefficient (Wildman–Crippen LogP) is 2.46. The lowest BCUT2D eigenvalue weighted by molar-refractivity contribution is 0.0698. The van der Waals surface area contributed by atoms with Crippen LogP contribution in [-0.4, -0.2) is 21.7 Å². The maximum atomic E-state index is 13.4. The molecule has 0 radical (unpaired) electrons. The molecule has 1 aromatic carbocycles. The number of hydrogen-bond donors (Lipinski definition) is 3. The first-order chi connectivity index (χ1) is 9.38. The number of amides is 2. The highest BCUT2D eigenvalue weighted by atomic mass is 35.5. The highest BCUT2D eigenvalue weighted by Crippen LogP contribution is 2.23. The van der Waals surface area contributed by atoms with Gasteiger partial charge in [-0.3, -0.25) is 0 Å². The molecule has 0 unspecified atom stereocenters. The van der Waals surface area contributed by atoms with Crippen molar-refractivity contribution in [3.63, 3.8) is 0 Å². The number of nitrogens with zero attached hydrogens (tertiary/aromatic N) is 1. The Morgan fingerprint density at radius 1 is 1.35 bits per heavy atom. The van der Waals surface area contributed by atoms with Crippen molar-refractivity contribution in [2.24, 2.45) is 5.73 Å². The van der Waals surface area contributed by atoms with Crippen molar-refractivity contribution in [2.75, 3.05) is 5.32 Å². The van der Waals surface area contributed by atoms with E-state index in [0.717, 1.165) is 6.07 Å². The van der Waals surface area contributed by atoms with Gasteiger partial charge in [0, 0.05) is 18.1 Å². The molecule has 0 atom stereocenters. The number of nitrogens with two attached hydrogens (primary N) is 1. The third-order valence-corrected chi connectivity index (χ3v) is 2.82. The van der Waals surface area contributed by atoms with Crippen molar-refractivity contribution in [2.45, 2.75) is 0 Å². The molecule has 20 heavy (non-hydrogen) atoms. The predicted molar refractivity (Wildman–Crippen MR) is 70.9 cm³/mol. The Balaban J connectivity index is 2.49. The number of carbonyl (C=O) groups is 2. The second-order valence-electron chi connectivity index (χ2n) is 3.89. The fourth-order valence-electron chi connectivity index (χ4n) is 1.65. The van der Waals surface area contributed by atoms with E-state index in [2.05, 4.69) is 5.32 Å². The molecule has 0 saturated carbocycles. The second kappa shape index (κ2) is 5.22. The van der Waals surface area contributed by atoms with Crippen molar-refractivity contribution in [3.8, 4) is 5.69 Å². The van der Waals surface area contributed by atoms with Gasteiger partial charge in [-0.15, -0.1) is 0 Å². The van der Waals surface area contributed by atoms with Gasteiger partial charge in [-0.05, 0) is 18.2 Å². The number of aromatic nitrogens is 1. The molecule has 4 N–H and O–H groups in total. The summed E-state index contributed by atoms with van der Waals surface area (Å²) in [5, 5.41) is 11.2. The van der Waals surface area contributed by atoms with Gasteiger partial charge in [-0.2, -0.15) is 0 Å². The van der Waals surface area contributed by atoms with E-state index in [1.165, 1.54) is 29.1 Å². The fourth-order valence-corrected chi connectivity index (χ4v) is 1.77. The first-order valence-electron chi connectivity index (χ1n) is 5.35. The summed E-state index contributed by atoms with van der Waals surface area (Å²) < 4.78 is 14.7. The van der Waals surface area contributed by atoms with Crippen LogP contribution >= 0.6 is 11.6 Å². The van der Waals surface area contributed by atoms with Crippen molar-refractivity contribution >= 4 is 29.3 Å². The smallest absolute Gasteiger partial charge is 0.339 e. The molecule has 104 valence electrons. The largest absolute Gasteiger partial charge is 0.478 e. The van der Waals surface area contributed by atoms with Crippen LogP contribution in [0.25, 0.3) is 5.69 Å². The van der Waals surface area contributed by atoms with Crippen LogP contribution in [0, 0.1) is 5.82 Å². The number of anilines is 1. The van der Waals surface area contributed by atoms with Gasteiger partial charge in [0.1, 0.15) is 11.4 Å². The molecule has 0 aliphatic rings. The molecule has 0 aliphatic carbocycles. The average Bonchev–Trinajstić information content (AvgIpc) is 2.76.